The van der Waals surface area contributed by atoms with E-state index in [1.54, 1.807) is 13.0 Å². The van der Waals surface area contributed by atoms with Gasteiger partial charge >= 0.3 is 0 Å². The third kappa shape index (κ3) is 2.26. The molecule has 0 spiro atoms. The van der Waals surface area contributed by atoms with Crippen LogP contribution in [0.15, 0.2) is 12.1 Å². The molecule has 0 fully saturated rings. The van der Waals surface area contributed by atoms with Gasteiger partial charge in [0.25, 0.3) is 5.69 Å². The number of nitro groups is 1. The van der Waals surface area contributed by atoms with Crippen LogP contribution in [0.3, 0.4) is 0 Å². The second-order valence-corrected chi connectivity index (χ2v) is 4.66. The highest BCUT2D eigenvalue weighted by molar-refractivity contribution is 5.52. The van der Waals surface area contributed by atoms with Crippen LogP contribution in [0, 0.1) is 17.0 Å². The molecule has 0 saturated heterocycles. The van der Waals surface area contributed by atoms with Crippen LogP contribution < -0.4 is 0 Å². The van der Waals surface area contributed by atoms with E-state index in [1.807, 2.05) is 20.8 Å². The van der Waals surface area contributed by atoms with E-state index in [-0.39, 0.29) is 16.9 Å². The van der Waals surface area contributed by atoms with E-state index in [2.05, 4.69) is 0 Å². The predicted molar refractivity (Wildman–Crippen MR) is 58.2 cm³/mol. The first-order chi connectivity index (χ1) is 6.73. The summed E-state index contributed by atoms with van der Waals surface area (Å²) in [5.74, 6) is -0.0327. The monoisotopic (exact) mass is 209 g/mol. The average molecular weight is 209 g/mol. The molecule has 1 aromatic rings. The van der Waals surface area contributed by atoms with Crippen molar-refractivity contribution in [1.82, 2.24) is 0 Å². The van der Waals surface area contributed by atoms with Gasteiger partial charge in [0.15, 0.2) is 0 Å². The van der Waals surface area contributed by atoms with Crippen LogP contribution in [0.1, 0.15) is 31.9 Å². The van der Waals surface area contributed by atoms with Crippen LogP contribution in [0.5, 0.6) is 5.75 Å². The number of aromatic hydroxyl groups is 1. The number of nitro benzene ring substituents is 1. The van der Waals surface area contributed by atoms with Crippen molar-refractivity contribution < 1.29 is 10.0 Å². The van der Waals surface area contributed by atoms with Crippen molar-refractivity contribution in [1.29, 1.82) is 0 Å². The summed E-state index contributed by atoms with van der Waals surface area (Å²) in [5.41, 5.74) is 0.972. The Labute approximate surface area is 88.7 Å². The first kappa shape index (κ1) is 11.5. The molecule has 1 rings (SSSR count). The zero-order valence-electron chi connectivity index (χ0n) is 9.37. The lowest BCUT2D eigenvalue weighted by Gasteiger charge is -2.19. The van der Waals surface area contributed by atoms with Gasteiger partial charge in [-0.1, -0.05) is 20.8 Å². The lowest BCUT2D eigenvalue weighted by Crippen LogP contribution is -2.14. The van der Waals surface area contributed by atoms with Crippen molar-refractivity contribution in [2.75, 3.05) is 0 Å². The minimum atomic E-state index is -0.459. The number of aryl methyl sites for hydroxylation is 1. The predicted octanol–water partition coefficient (Wildman–Crippen LogP) is 2.91. The zero-order chi connectivity index (χ0) is 11.8. The van der Waals surface area contributed by atoms with Crippen molar-refractivity contribution in [3.8, 4) is 5.75 Å². The molecule has 0 radical (unpaired) electrons. The van der Waals surface area contributed by atoms with E-state index in [4.69, 9.17) is 0 Å². The van der Waals surface area contributed by atoms with Crippen molar-refractivity contribution in [3.63, 3.8) is 0 Å². The van der Waals surface area contributed by atoms with Gasteiger partial charge < -0.3 is 5.11 Å². The molecule has 1 N–H and O–H groups in total. The zero-order valence-corrected chi connectivity index (χ0v) is 9.37. The number of hydrogen-bond acceptors (Lipinski definition) is 3. The summed E-state index contributed by atoms with van der Waals surface area (Å²) in [5, 5.41) is 20.3. The summed E-state index contributed by atoms with van der Waals surface area (Å²) in [4.78, 5) is 10.4. The number of nitrogens with zero attached hydrogens (tertiary/aromatic N) is 1. The maximum atomic E-state index is 10.8. The molecule has 0 aliphatic carbocycles. The molecule has 0 heterocycles. The van der Waals surface area contributed by atoms with E-state index >= 15 is 0 Å². The van der Waals surface area contributed by atoms with Gasteiger partial charge in [0.1, 0.15) is 5.75 Å². The minimum Gasteiger partial charge on any atom is -0.507 e. The molecule has 82 valence electrons. The molecule has 15 heavy (non-hydrogen) atoms. The molecule has 0 aliphatic heterocycles. The summed E-state index contributed by atoms with van der Waals surface area (Å²) in [6.45, 7) is 7.46. The number of benzene rings is 1. The maximum absolute atomic E-state index is 10.8. The Balaban J connectivity index is 3.49. The number of phenolic OH excluding ortho intramolecular Hbond substituents is 1. The highest BCUT2D eigenvalue weighted by atomic mass is 16.6. The van der Waals surface area contributed by atoms with E-state index in [0.717, 1.165) is 0 Å². The van der Waals surface area contributed by atoms with Gasteiger partial charge in [0.2, 0.25) is 0 Å². The lowest BCUT2D eigenvalue weighted by molar-refractivity contribution is -0.386. The molecular formula is C11H15NO3. The molecule has 0 atom stereocenters. The third-order valence-electron chi connectivity index (χ3n) is 2.32. The second-order valence-electron chi connectivity index (χ2n) is 4.66. The summed E-state index contributed by atoms with van der Waals surface area (Å²) >= 11 is 0. The van der Waals surface area contributed by atoms with Crippen molar-refractivity contribution in [2.45, 2.75) is 33.1 Å². The Hall–Kier alpha value is -1.58. The fraction of sp³-hybridized carbons (Fsp3) is 0.455. The molecule has 0 unspecified atom stereocenters. The first-order valence-electron chi connectivity index (χ1n) is 4.72. The van der Waals surface area contributed by atoms with Gasteiger partial charge in [-0.3, -0.25) is 10.1 Å². The molecule has 4 nitrogen and oxygen atoms in total. The summed E-state index contributed by atoms with van der Waals surface area (Å²) < 4.78 is 0. The van der Waals surface area contributed by atoms with E-state index in [0.29, 0.717) is 11.1 Å². The molecule has 4 heteroatoms. The van der Waals surface area contributed by atoms with Gasteiger partial charge in [0, 0.05) is 5.56 Å². The Morgan fingerprint density at radius 2 is 1.87 bits per heavy atom. The van der Waals surface area contributed by atoms with Gasteiger partial charge in [0.05, 0.1) is 11.0 Å². The quantitative estimate of drug-likeness (QED) is 0.571. The number of phenols is 1. The molecular weight excluding hydrogens is 194 g/mol. The summed E-state index contributed by atoms with van der Waals surface area (Å²) in [6, 6.07) is 2.89. The molecule has 0 aromatic heterocycles. The SMILES string of the molecule is Cc1cc(C(C)(C)C)c([N+](=O)[O-])cc1O. The van der Waals surface area contributed by atoms with Crippen LogP contribution in [0.25, 0.3) is 0 Å². The maximum Gasteiger partial charge on any atom is 0.276 e. The summed E-state index contributed by atoms with van der Waals surface area (Å²) in [7, 11) is 0. The van der Waals surface area contributed by atoms with E-state index in [9.17, 15) is 15.2 Å². The molecule has 0 bridgehead atoms. The van der Waals surface area contributed by atoms with Crippen LogP contribution >= 0.6 is 0 Å². The van der Waals surface area contributed by atoms with E-state index < -0.39 is 4.92 Å². The van der Waals surface area contributed by atoms with Gasteiger partial charge in [-0.05, 0) is 24.0 Å². The van der Waals surface area contributed by atoms with Crippen molar-refractivity contribution >= 4 is 5.69 Å². The van der Waals surface area contributed by atoms with Crippen molar-refractivity contribution in [3.05, 3.63) is 33.4 Å². The smallest absolute Gasteiger partial charge is 0.276 e. The standard InChI is InChI=1S/C11H15NO3/c1-7-5-8(11(2,3)4)9(12(14)15)6-10(7)13/h5-6,13H,1-4H3. The molecule has 1 aromatic carbocycles. The molecule has 0 saturated carbocycles. The topological polar surface area (TPSA) is 63.4 Å². The Bertz CT molecular complexity index is 405. The van der Waals surface area contributed by atoms with E-state index in [1.165, 1.54) is 6.07 Å². The summed E-state index contributed by atoms with van der Waals surface area (Å²) in [6.07, 6.45) is 0. The number of rotatable bonds is 1. The third-order valence-corrected chi connectivity index (χ3v) is 2.32. The second kappa shape index (κ2) is 3.53. The highest BCUT2D eigenvalue weighted by Gasteiger charge is 2.26. The normalized spacial score (nSPS) is 11.5. The first-order valence-corrected chi connectivity index (χ1v) is 4.72. The van der Waals surface area contributed by atoms with Gasteiger partial charge in [-0.2, -0.15) is 0 Å². The van der Waals surface area contributed by atoms with Crippen LogP contribution in [0.2, 0.25) is 0 Å². The Kier molecular flexibility index (Phi) is 2.71. The van der Waals surface area contributed by atoms with Crippen LogP contribution in [-0.4, -0.2) is 10.0 Å². The Morgan fingerprint density at radius 1 is 1.33 bits per heavy atom. The highest BCUT2D eigenvalue weighted by Crippen LogP contribution is 2.35. The lowest BCUT2D eigenvalue weighted by atomic mass is 9.85. The number of hydrogen-bond donors (Lipinski definition) is 1. The molecule has 0 aliphatic rings. The average Bonchev–Trinajstić information content (AvgIpc) is 2.06. The Morgan fingerprint density at radius 3 is 2.27 bits per heavy atom. The fourth-order valence-electron chi connectivity index (χ4n) is 1.44. The largest absolute Gasteiger partial charge is 0.507 e. The molecule has 0 amide bonds. The van der Waals surface area contributed by atoms with Gasteiger partial charge in [-0.15, -0.1) is 0 Å². The van der Waals surface area contributed by atoms with Crippen LogP contribution in [-0.2, 0) is 5.41 Å². The van der Waals surface area contributed by atoms with Crippen molar-refractivity contribution in [2.24, 2.45) is 0 Å². The van der Waals surface area contributed by atoms with Gasteiger partial charge in [-0.25, -0.2) is 0 Å². The fourth-order valence-corrected chi connectivity index (χ4v) is 1.44. The minimum absolute atomic E-state index is 0.0226. The van der Waals surface area contributed by atoms with Crippen LogP contribution in [0.4, 0.5) is 5.69 Å².